The van der Waals surface area contributed by atoms with Gasteiger partial charge in [-0.25, -0.2) is 0 Å². The maximum atomic E-state index is 12.2. The average Bonchev–Trinajstić information content (AvgIpc) is 2.48. The molecule has 0 aliphatic carbocycles. The van der Waals surface area contributed by atoms with Gasteiger partial charge in [0.05, 0.1) is 0 Å². The Bertz CT molecular complexity index is 724. The molecule has 0 fully saturated rings. The van der Waals surface area contributed by atoms with E-state index in [2.05, 4.69) is 18.2 Å². The molecule has 20 heavy (non-hydrogen) atoms. The molecule has 0 unspecified atom stereocenters. The SMILES string of the molecule is O=C(Cc1ccccc1)Cc1cccc2ccccc12. The van der Waals surface area contributed by atoms with Crippen molar-refractivity contribution in [1.29, 1.82) is 0 Å². The molecular formula is C19H16O. The smallest absolute Gasteiger partial charge is 0.141 e. The lowest BCUT2D eigenvalue weighted by atomic mass is 9.98. The molecule has 0 spiro atoms. The van der Waals surface area contributed by atoms with Crippen LogP contribution in [0.1, 0.15) is 11.1 Å². The minimum atomic E-state index is 0.257. The number of carbonyl (C=O) groups is 1. The standard InChI is InChI=1S/C19H16O/c20-18(13-15-7-2-1-3-8-15)14-17-11-6-10-16-9-4-5-12-19(16)17/h1-12H,13-14H2. The third-order valence-corrected chi connectivity index (χ3v) is 3.51. The number of hydrogen-bond acceptors (Lipinski definition) is 1. The van der Waals surface area contributed by atoms with E-state index in [4.69, 9.17) is 0 Å². The van der Waals surface area contributed by atoms with Crippen LogP contribution in [-0.2, 0) is 17.6 Å². The summed E-state index contributed by atoms with van der Waals surface area (Å²) in [4.78, 5) is 12.2. The molecule has 0 aliphatic rings. The Balaban J connectivity index is 1.81. The van der Waals surface area contributed by atoms with Gasteiger partial charge in [-0.2, -0.15) is 0 Å². The van der Waals surface area contributed by atoms with E-state index in [9.17, 15) is 4.79 Å². The molecule has 0 saturated heterocycles. The van der Waals surface area contributed by atoms with Crippen LogP contribution in [0.4, 0.5) is 0 Å². The fraction of sp³-hybridized carbons (Fsp3) is 0.105. The fourth-order valence-corrected chi connectivity index (χ4v) is 2.55. The monoisotopic (exact) mass is 260 g/mol. The van der Waals surface area contributed by atoms with E-state index in [0.29, 0.717) is 12.8 Å². The number of hydrogen-bond donors (Lipinski definition) is 0. The van der Waals surface area contributed by atoms with Crippen LogP contribution in [0.5, 0.6) is 0 Å². The fourth-order valence-electron chi connectivity index (χ4n) is 2.55. The Morgan fingerprint density at radius 1 is 0.700 bits per heavy atom. The molecule has 1 heteroatoms. The van der Waals surface area contributed by atoms with Gasteiger partial charge in [-0.15, -0.1) is 0 Å². The second-order valence-corrected chi connectivity index (χ2v) is 5.02. The number of Topliss-reactive ketones (excluding diaryl/α,β-unsaturated/α-hetero) is 1. The molecule has 0 N–H and O–H groups in total. The highest BCUT2D eigenvalue weighted by Gasteiger charge is 2.07. The molecular weight excluding hydrogens is 244 g/mol. The molecule has 0 aliphatic heterocycles. The first-order valence-electron chi connectivity index (χ1n) is 6.85. The summed E-state index contributed by atoms with van der Waals surface area (Å²) >= 11 is 0. The first-order valence-corrected chi connectivity index (χ1v) is 6.85. The summed E-state index contributed by atoms with van der Waals surface area (Å²) in [7, 11) is 0. The first-order chi connectivity index (χ1) is 9.83. The second-order valence-electron chi connectivity index (χ2n) is 5.02. The molecule has 0 aromatic heterocycles. The van der Waals surface area contributed by atoms with Crippen LogP contribution in [0.2, 0.25) is 0 Å². The summed E-state index contributed by atoms with van der Waals surface area (Å²) < 4.78 is 0. The number of rotatable bonds is 4. The molecule has 0 amide bonds. The van der Waals surface area contributed by atoms with Gasteiger partial charge in [0.2, 0.25) is 0 Å². The normalized spacial score (nSPS) is 10.6. The van der Waals surface area contributed by atoms with E-state index in [1.165, 1.54) is 10.8 Å². The summed E-state index contributed by atoms with van der Waals surface area (Å²) in [5, 5.41) is 2.37. The van der Waals surface area contributed by atoms with Gasteiger partial charge in [0, 0.05) is 12.8 Å². The summed E-state index contributed by atoms with van der Waals surface area (Å²) in [6.45, 7) is 0. The zero-order valence-corrected chi connectivity index (χ0v) is 11.3. The Morgan fingerprint density at radius 2 is 1.40 bits per heavy atom. The Hall–Kier alpha value is -2.41. The van der Waals surface area contributed by atoms with Crippen molar-refractivity contribution in [3.05, 3.63) is 83.9 Å². The van der Waals surface area contributed by atoms with Gasteiger partial charge in [0.25, 0.3) is 0 Å². The van der Waals surface area contributed by atoms with E-state index in [1.807, 2.05) is 54.6 Å². The minimum absolute atomic E-state index is 0.257. The number of fused-ring (bicyclic) bond motifs is 1. The molecule has 3 rings (SSSR count). The molecule has 3 aromatic carbocycles. The van der Waals surface area contributed by atoms with E-state index < -0.39 is 0 Å². The van der Waals surface area contributed by atoms with E-state index in [-0.39, 0.29) is 5.78 Å². The summed E-state index contributed by atoms with van der Waals surface area (Å²) in [6.07, 6.45) is 1.00. The maximum Gasteiger partial charge on any atom is 0.141 e. The van der Waals surface area contributed by atoms with Gasteiger partial charge >= 0.3 is 0 Å². The third kappa shape index (κ3) is 2.77. The Labute approximate surface area is 118 Å². The van der Waals surface area contributed by atoms with Crippen molar-refractivity contribution in [1.82, 2.24) is 0 Å². The number of ketones is 1. The number of benzene rings is 3. The van der Waals surface area contributed by atoms with Crippen LogP contribution >= 0.6 is 0 Å². The predicted octanol–water partition coefficient (Wildman–Crippen LogP) is 4.19. The lowest BCUT2D eigenvalue weighted by Crippen LogP contribution is -2.06. The van der Waals surface area contributed by atoms with Crippen LogP contribution in [-0.4, -0.2) is 5.78 Å². The van der Waals surface area contributed by atoms with Gasteiger partial charge in [-0.05, 0) is 21.9 Å². The van der Waals surface area contributed by atoms with Gasteiger partial charge in [-0.1, -0.05) is 72.8 Å². The second kappa shape index (κ2) is 5.70. The van der Waals surface area contributed by atoms with Crippen molar-refractivity contribution < 1.29 is 4.79 Å². The topological polar surface area (TPSA) is 17.1 Å². The van der Waals surface area contributed by atoms with E-state index in [0.717, 1.165) is 11.1 Å². The van der Waals surface area contributed by atoms with E-state index >= 15 is 0 Å². The van der Waals surface area contributed by atoms with Crippen molar-refractivity contribution >= 4 is 16.6 Å². The third-order valence-electron chi connectivity index (χ3n) is 3.51. The van der Waals surface area contributed by atoms with Crippen molar-refractivity contribution in [3.63, 3.8) is 0 Å². The highest BCUT2D eigenvalue weighted by atomic mass is 16.1. The lowest BCUT2D eigenvalue weighted by molar-refractivity contribution is -0.117. The van der Waals surface area contributed by atoms with Gasteiger partial charge < -0.3 is 0 Å². The molecule has 0 bridgehead atoms. The highest BCUT2D eigenvalue weighted by molar-refractivity contribution is 5.91. The largest absolute Gasteiger partial charge is 0.299 e. The van der Waals surface area contributed by atoms with Gasteiger partial charge in [-0.3, -0.25) is 4.79 Å². The summed E-state index contributed by atoms with van der Waals surface area (Å²) in [5.41, 5.74) is 2.20. The number of carbonyl (C=O) groups excluding carboxylic acids is 1. The van der Waals surface area contributed by atoms with Crippen LogP contribution in [0.15, 0.2) is 72.8 Å². The zero-order valence-electron chi connectivity index (χ0n) is 11.3. The molecule has 0 radical (unpaired) electrons. The van der Waals surface area contributed by atoms with Crippen molar-refractivity contribution in [3.8, 4) is 0 Å². The quantitative estimate of drug-likeness (QED) is 0.687. The molecule has 3 aromatic rings. The van der Waals surface area contributed by atoms with Crippen molar-refractivity contribution in [2.75, 3.05) is 0 Å². The van der Waals surface area contributed by atoms with Gasteiger partial charge in [0.1, 0.15) is 5.78 Å². The average molecular weight is 260 g/mol. The summed E-state index contributed by atoms with van der Waals surface area (Å²) in [5.74, 6) is 0.257. The molecule has 0 atom stereocenters. The van der Waals surface area contributed by atoms with Crippen LogP contribution in [0.3, 0.4) is 0 Å². The Morgan fingerprint density at radius 3 is 2.25 bits per heavy atom. The van der Waals surface area contributed by atoms with Crippen LogP contribution < -0.4 is 0 Å². The molecule has 0 saturated carbocycles. The molecule has 98 valence electrons. The summed E-state index contributed by atoms with van der Waals surface area (Å²) in [6, 6.07) is 24.3. The Kier molecular flexibility index (Phi) is 3.60. The van der Waals surface area contributed by atoms with Gasteiger partial charge in [0.15, 0.2) is 0 Å². The van der Waals surface area contributed by atoms with Crippen LogP contribution in [0.25, 0.3) is 10.8 Å². The molecule has 0 heterocycles. The first kappa shape index (κ1) is 12.6. The zero-order chi connectivity index (χ0) is 13.8. The van der Waals surface area contributed by atoms with E-state index in [1.54, 1.807) is 0 Å². The predicted molar refractivity (Wildman–Crippen MR) is 82.8 cm³/mol. The van der Waals surface area contributed by atoms with Crippen LogP contribution in [0, 0.1) is 0 Å². The minimum Gasteiger partial charge on any atom is -0.299 e. The molecule has 1 nitrogen and oxygen atoms in total. The van der Waals surface area contributed by atoms with Crippen molar-refractivity contribution in [2.45, 2.75) is 12.8 Å². The maximum absolute atomic E-state index is 12.2. The highest BCUT2D eigenvalue weighted by Crippen LogP contribution is 2.19. The van der Waals surface area contributed by atoms with Crippen molar-refractivity contribution in [2.24, 2.45) is 0 Å². The lowest BCUT2D eigenvalue weighted by Gasteiger charge is -2.06.